The van der Waals surface area contributed by atoms with Crippen LogP contribution in [0, 0.1) is 0 Å². The van der Waals surface area contributed by atoms with Gasteiger partial charge >= 0.3 is 0 Å². The van der Waals surface area contributed by atoms with Gasteiger partial charge in [-0.05, 0) is 29.2 Å². The van der Waals surface area contributed by atoms with E-state index in [9.17, 15) is 9.59 Å². The van der Waals surface area contributed by atoms with Gasteiger partial charge in [-0.2, -0.15) is 0 Å². The minimum atomic E-state index is -0.158. The maximum atomic E-state index is 13.3. The molecular formula is C24H18ClNO2S. The highest BCUT2D eigenvalue weighted by Gasteiger charge is 2.18. The van der Waals surface area contributed by atoms with E-state index in [4.69, 9.17) is 11.6 Å². The third-order valence-electron chi connectivity index (χ3n) is 5.44. The molecule has 0 radical (unpaired) electrons. The second-order valence-corrected chi connectivity index (χ2v) is 9.84. The first-order valence-corrected chi connectivity index (χ1v) is 10.6. The SMILES string of the molecule is CC(C)(C)c1ccc2[nH]c3c(Cl)cc4c(=O)c5ccccc5c(=O)c4c3sc2c1. The van der Waals surface area contributed by atoms with Crippen LogP contribution in [0.2, 0.25) is 5.02 Å². The molecule has 1 heterocycles. The molecule has 0 amide bonds. The fourth-order valence-corrected chi connectivity index (χ4v) is 5.34. The van der Waals surface area contributed by atoms with Crippen LogP contribution in [0.15, 0.2) is 58.1 Å². The molecular weight excluding hydrogens is 402 g/mol. The number of H-pyrrole nitrogens is 1. The Kier molecular flexibility index (Phi) is 3.89. The summed E-state index contributed by atoms with van der Waals surface area (Å²) in [5.74, 6) is 0. The lowest BCUT2D eigenvalue weighted by molar-refractivity contribution is 0.591. The average Bonchev–Trinajstić information content (AvgIpc) is 2.69. The monoisotopic (exact) mass is 419 g/mol. The van der Waals surface area contributed by atoms with E-state index in [1.165, 1.54) is 16.9 Å². The van der Waals surface area contributed by atoms with Crippen molar-refractivity contribution in [3.8, 4) is 0 Å². The van der Waals surface area contributed by atoms with Crippen LogP contribution in [0.5, 0.6) is 0 Å². The summed E-state index contributed by atoms with van der Waals surface area (Å²) in [5.41, 5.74) is 2.56. The third-order valence-corrected chi connectivity index (χ3v) is 6.91. The summed E-state index contributed by atoms with van der Waals surface area (Å²) in [7, 11) is 0. The Morgan fingerprint density at radius 3 is 2.28 bits per heavy atom. The number of aromatic amines is 1. The average molecular weight is 420 g/mol. The van der Waals surface area contributed by atoms with Crippen molar-refractivity contribution in [2.24, 2.45) is 0 Å². The third kappa shape index (κ3) is 2.70. The van der Waals surface area contributed by atoms with E-state index in [0.29, 0.717) is 32.1 Å². The predicted octanol–water partition coefficient (Wildman–Crippen LogP) is 6.36. The van der Waals surface area contributed by atoms with Gasteiger partial charge in [0.05, 0.1) is 30.8 Å². The molecule has 0 saturated heterocycles. The van der Waals surface area contributed by atoms with Gasteiger partial charge in [0.2, 0.25) is 0 Å². The molecule has 0 atom stereocenters. The Labute approximate surface area is 175 Å². The fraction of sp³-hybridized carbons (Fsp3) is 0.167. The largest absolute Gasteiger partial charge is 0.352 e. The van der Waals surface area contributed by atoms with Gasteiger partial charge in [-0.3, -0.25) is 9.59 Å². The van der Waals surface area contributed by atoms with Crippen molar-refractivity contribution >= 4 is 64.9 Å². The highest BCUT2D eigenvalue weighted by atomic mass is 35.5. The summed E-state index contributed by atoms with van der Waals surface area (Å²) in [6.07, 6.45) is 0. The normalized spacial score (nSPS) is 12.4. The molecule has 1 aromatic heterocycles. The molecule has 3 nitrogen and oxygen atoms in total. The number of rotatable bonds is 0. The van der Waals surface area contributed by atoms with Crippen molar-refractivity contribution < 1.29 is 0 Å². The fourth-order valence-electron chi connectivity index (χ4n) is 3.83. The Morgan fingerprint density at radius 1 is 0.897 bits per heavy atom. The van der Waals surface area contributed by atoms with Gasteiger partial charge in [-0.15, -0.1) is 11.3 Å². The van der Waals surface area contributed by atoms with Gasteiger partial charge in [0, 0.05) is 16.2 Å². The quantitative estimate of drug-likeness (QED) is 0.234. The van der Waals surface area contributed by atoms with Gasteiger partial charge in [0.1, 0.15) is 0 Å². The Morgan fingerprint density at radius 2 is 1.59 bits per heavy atom. The Balaban J connectivity index is 2.03. The number of halogens is 1. The van der Waals surface area contributed by atoms with E-state index in [1.807, 2.05) is 6.07 Å². The maximum Gasteiger partial charge on any atom is 0.196 e. The molecule has 0 unspecified atom stereocenters. The minimum Gasteiger partial charge on any atom is -0.352 e. The van der Waals surface area contributed by atoms with E-state index < -0.39 is 0 Å². The van der Waals surface area contributed by atoms with E-state index in [0.717, 1.165) is 14.9 Å². The van der Waals surface area contributed by atoms with Crippen LogP contribution in [0.4, 0.5) is 0 Å². The first kappa shape index (κ1) is 18.3. The molecule has 1 N–H and O–H groups in total. The molecule has 0 aliphatic rings. The number of benzene rings is 4. The Bertz CT molecular complexity index is 1590. The van der Waals surface area contributed by atoms with Crippen molar-refractivity contribution in [1.82, 2.24) is 4.98 Å². The van der Waals surface area contributed by atoms with E-state index in [1.54, 1.807) is 30.3 Å². The summed E-state index contributed by atoms with van der Waals surface area (Å²) in [5, 5.41) is 2.14. The lowest BCUT2D eigenvalue weighted by atomic mass is 9.87. The van der Waals surface area contributed by atoms with Gasteiger partial charge in [-0.1, -0.05) is 62.7 Å². The molecule has 0 aliphatic heterocycles. The number of aromatic nitrogens is 1. The molecule has 4 aromatic carbocycles. The lowest BCUT2D eigenvalue weighted by Crippen LogP contribution is -2.13. The summed E-state index contributed by atoms with van der Waals surface area (Å²) in [6.45, 7) is 6.50. The van der Waals surface area contributed by atoms with Gasteiger partial charge < -0.3 is 4.98 Å². The standard InChI is InChI=1S/C24H18ClNO2S/c1-24(2,3)12-8-9-17-18(10-12)29-23-19-15(11-16(25)20(23)26-17)21(27)13-6-4-5-7-14(13)22(19)28/h4-11,26H,1-3H3. The Hall–Kier alpha value is -2.69. The van der Waals surface area contributed by atoms with Gasteiger partial charge in [0.15, 0.2) is 10.9 Å². The summed E-state index contributed by atoms with van der Waals surface area (Å²) in [4.78, 5) is 29.8. The first-order chi connectivity index (χ1) is 13.8. The topological polar surface area (TPSA) is 49.9 Å². The zero-order valence-corrected chi connectivity index (χ0v) is 17.8. The van der Waals surface area contributed by atoms with Crippen LogP contribution in [0.3, 0.4) is 0 Å². The van der Waals surface area contributed by atoms with Crippen molar-refractivity contribution in [3.05, 3.63) is 79.6 Å². The maximum absolute atomic E-state index is 13.3. The highest BCUT2D eigenvalue weighted by molar-refractivity contribution is 7.25. The van der Waals surface area contributed by atoms with Crippen molar-refractivity contribution in [3.63, 3.8) is 0 Å². The minimum absolute atomic E-state index is 0.00829. The molecule has 0 aliphatic carbocycles. The van der Waals surface area contributed by atoms with Crippen LogP contribution in [-0.4, -0.2) is 4.98 Å². The van der Waals surface area contributed by atoms with Crippen LogP contribution >= 0.6 is 22.9 Å². The van der Waals surface area contributed by atoms with Crippen LogP contribution in [0.1, 0.15) is 26.3 Å². The molecule has 0 saturated carbocycles. The van der Waals surface area contributed by atoms with E-state index in [-0.39, 0.29) is 16.3 Å². The summed E-state index contributed by atoms with van der Waals surface area (Å²) in [6, 6.07) is 14.9. The van der Waals surface area contributed by atoms with Crippen molar-refractivity contribution in [2.45, 2.75) is 26.2 Å². The molecule has 144 valence electrons. The zero-order valence-electron chi connectivity index (χ0n) is 16.2. The summed E-state index contributed by atoms with van der Waals surface area (Å²) >= 11 is 8.05. The van der Waals surface area contributed by atoms with Crippen molar-refractivity contribution in [1.29, 1.82) is 0 Å². The first-order valence-electron chi connectivity index (χ1n) is 9.40. The van der Waals surface area contributed by atoms with Crippen LogP contribution < -0.4 is 10.9 Å². The highest BCUT2D eigenvalue weighted by Crippen LogP contribution is 2.36. The number of nitrogens with one attached hydrogen (secondary N) is 1. The van der Waals surface area contributed by atoms with Crippen molar-refractivity contribution in [2.75, 3.05) is 0 Å². The molecule has 0 fully saturated rings. The molecule has 5 heteroatoms. The van der Waals surface area contributed by atoms with E-state index in [2.05, 4.69) is 37.9 Å². The van der Waals surface area contributed by atoms with Crippen LogP contribution in [0.25, 0.3) is 42.0 Å². The second-order valence-electron chi connectivity index (χ2n) is 8.38. The molecule has 5 aromatic rings. The van der Waals surface area contributed by atoms with E-state index >= 15 is 0 Å². The number of hydrogen-bond acceptors (Lipinski definition) is 3. The second kappa shape index (κ2) is 6.15. The lowest BCUT2D eigenvalue weighted by Gasteiger charge is -2.19. The smallest absolute Gasteiger partial charge is 0.196 e. The molecule has 0 spiro atoms. The van der Waals surface area contributed by atoms with Gasteiger partial charge in [0.25, 0.3) is 0 Å². The molecule has 5 rings (SSSR count). The molecule has 29 heavy (non-hydrogen) atoms. The van der Waals surface area contributed by atoms with Gasteiger partial charge in [-0.25, -0.2) is 0 Å². The number of fused-ring (bicyclic) bond motifs is 5. The summed E-state index contributed by atoms with van der Waals surface area (Å²) < 4.78 is 1.74. The van der Waals surface area contributed by atoms with Crippen LogP contribution in [-0.2, 0) is 5.41 Å². The number of hydrogen-bond donors (Lipinski definition) is 1. The zero-order chi connectivity index (χ0) is 20.5. The molecule has 0 bridgehead atoms. The predicted molar refractivity (Wildman–Crippen MR) is 125 cm³/mol.